The molecular weight excluding hydrogens is 252 g/mol. The van der Waals surface area contributed by atoms with Crippen molar-refractivity contribution in [2.24, 2.45) is 0 Å². The summed E-state index contributed by atoms with van der Waals surface area (Å²) in [5.41, 5.74) is 10.1. The molecule has 4 heteroatoms. The summed E-state index contributed by atoms with van der Waals surface area (Å²) in [6.07, 6.45) is 0. The standard InChI is InChI=1S/C16H18N2O2/c1-9-8-14(10(2)7-13(9)17)18-16(20)12-5-4-6-15(19)11(12)3/h4-8,19H,17H2,1-3H3,(H,18,20). The minimum Gasteiger partial charge on any atom is -0.508 e. The van der Waals surface area contributed by atoms with E-state index in [4.69, 9.17) is 5.73 Å². The Hall–Kier alpha value is -2.49. The molecule has 2 aromatic carbocycles. The van der Waals surface area contributed by atoms with E-state index in [-0.39, 0.29) is 11.7 Å². The molecule has 0 fully saturated rings. The fourth-order valence-electron chi connectivity index (χ4n) is 2.03. The number of phenols is 1. The molecule has 0 aliphatic heterocycles. The molecule has 0 spiro atoms. The molecule has 0 heterocycles. The number of anilines is 2. The molecule has 0 unspecified atom stereocenters. The van der Waals surface area contributed by atoms with E-state index < -0.39 is 0 Å². The summed E-state index contributed by atoms with van der Waals surface area (Å²) in [6.45, 7) is 5.50. The minimum absolute atomic E-state index is 0.114. The Morgan fingerprint density at radius 2 is 1.85 bits per heavy atom. The van der Waals surface area contributed by atoms with E-state index in [1.54, 1.807) is 25.1 Å². The maximum atomic E-state index is 12.3. The van der Waals surface area contributed by atoms with Gasteiger partial charge in [-0.15, -0.1) is 0 Å². The van der Waals surface area contributed by atoms with E-state index in [9.17, 15) is 9.90 Å². The lowest BCUT2D eigenvalue weighted by atomic mass is 10.1. The molecule has 0 aliphatic rings. The number of hydrogen-bond acceptors (Lipinski definition) is 3. The molecule has 0 aliphatic carbocycles. The van der Waals surface area contributed by atoms with Crippen LogP contribution in [0.1, 0.15) is 27.0 Å². The predicted molar refractivity (Wildman–Crippen MR) is 81.1 cm³/mol. The number of hydrogen-bond donors (Lipinski definition) is 3. The van der Waals surface area contributed by atoms with Crippen LogP contribution in [0.3, 0.4) is 0 Å². The first kappa shape index (κ1) is 13.9. The molecule has 4 nitrogen and oxygen atoms in total. The number of amides is 1. The third kappa shape index (κ3) is 2.59. The van der Waals surface area contributed by atoms with E-state index in [0.29, 0.717) is 16.8 Å². The highest BCUT2D eigenvalue weighted by atomic mass is 16.3. The maximum Gasteiger partial charge on any atom is 0.256 e. The van der Waals surface area contributed by atoms with Crippen LogP contribution >= 0.6 is 0 Å². The Balaban J connectivity index is 2.33. The van der Waals surface area contributed by atoms with Crippen molar-refractivity contribution < 1.29 is 9.90 Å². The predicted octanol–water partition coefficient (Wildman–Crippen LogP) is 3.15. The number of carbonyl (C=O) groups is 1. The van der Waals surface area contributed by atoms with E-state index in [0.717, 1.165) is 16.8 Å². The molecule has 0 radical (unpaired) electrons. The van der Waals surface area contributed by atoms with Crippen molar-refractivity contribution in [2.75, 3.05) is 11.1 Å². The van der Waals surface area contributed by atoms with Gasteiger partial charge in [-0.05, 0) is 56.2 Å². The van der Waals surface area contributed by atoms with E-state index in [1.165, 1.54) is 0 Å². The van der Waals surface area contributed by atoms with Crippen molar-refractivity contribution in [2.45, 2.75) is 20.8 Å². The highest BCUT2D eigenvalue weighted by Crippen LogP contribution is 2.24. The number of carbonyl (C=O) groups excluding carboxylic acids is 1. The van der Waals surface area contributed by atoms with E-state index >= 15 is 0 Å². The van der Waals surface area contributed by atoms with Gasteiger partial charge in [0.2, 0.25) is 0 Å². The van der Waals surface area contributed by atoms with Crippen LogP contribution in [0.25, 0.3) is 0 Å². The Kier molecular flexibility index (Phi) is 3.66. The van der Waals surface area contributed by atoms with Crippen molar-refractivity contribution in [3.05, 3.63) is 52.6 Å². The van der Waals surface area contributed by atoms with Crippen LogP contribution in [0.5, 0.6) is 5.75 Å². The third-order valence-electron chi connectivity index (χ3n) is 3.41. The zero-order valence-electron chi connectivity index (χ0n) is 11.8. The summed E-state index contributed by atoms with van der Waals surface area (Å²) in [5, 5.41) is 12.5. The first-order valence-corrected chi connectivity index (χ1v) is 6.37. The van der Waals surface area contributed by atoms with E-state index in [2.05, 4.69) is 5.32 Å². The molecular formula is C16H18N2O2. The van der Waals surface area contributed by atoms with Crippen molar-refractivity contribution >= 4 is 17.3 Å². The average molecular weight is 270 g/mol. The summed E-state index contributed by atoms with van der Waals surface area (Å²) in [5.74, 6) is -0.131. The van der Waals surface area contributed by atoms with Crippen LogP contribution in [0.4, 0.5) is 11.4 Å². The fraction of sp³-hybridized carbons (Fsp3) is 0.188. The smallest absolute Gasteiger partial charge is 0.256 e. The summed E-state index contributed by atoms with van der Waals surface area (Å²) in [7, 11) is 0. The third-order valence-corrected chi connectivity index (χ3v) is 3.41. The molecule has 0 saturated heterocycles. The van der Waals surface area contributed by atoms with Gasteiger partial charge in [0.15, 0.2) is 0 Å². The molecule has 0 aromatic heterocycles. The van der Waals surface area contributed by atoms with E-state index in [1.807, 2.05) is 26.0 Å². The first-order valence-electron chi connectivity index (χ1n) is 6.37. The molecule has 104 valence electrons. The SMILES string of the molecule is Cc1cc(NC(=O)c2cccc(O)c2C)c(C)cc1N. The second kappa shape index (κ2) is 5.25. The molecule has 20 heavy (non-hydrogen) atoms. The molecule has 0 bridgehead atoms. The van der Waals surface area contributed by atoms with Crippen LogP contribution in [0.15, 0.2) is 30.3 Å². The largest absolute Gasteiger partial charge is 0.508 e. The van der Waals surface area contributed by atoms with Crippen molar-refractivity contribution in [3.63, 3.8) is 0 Å². The molecule has 1 amide bonds. The van der Waals surface area contributed by atoms with Crippen LogP contribution in [0, 0.1) is 20.8 Å². The van der Waals surface area contributed by atoms with Crippen LogP contribution < -0.4 is 11.1 Å². The zero-order chi connectivity index (χ0) is 14.9. The van der Waals surface area contributed by atoms with Gasteiger partial charge in [-0.25, -0.2) is 0 Å². The number of rotatable bonds is 2. The van der Waals surface area contributed by atoms with Gasteiger partial charge in [-0.3, -0.25) is 4.79 Å². The van der Waals surface area contributed by atoms with Gasteiger partial charge in [0.05, 0.1) is 0 Å². The first-order chi connectivity index (χ1) is 9.40. The lowest BCUT2D eigenvalue weighted by molar-refractivity contribution is 0.102. The van der Waals surface area contributed by atoms with Gasteiger partial charge in [-0.1, -0.05) is 6.07 Å². The minimum atomic E-state index is -0.245. The van der Waals surface area contributed by atoms with Crippen molar-refractivity contribution in [3.8, 4) is 5.75 Å². The molecule has 4 N–H and O–H groups in total. The number of aryl methyl sites for hydroxylation is 2. The molecule has 2 rings (SSSR count). The summed E-state index contributed by atoms with van der Waals surface area (Å²) >= 11 is 0. The Labute approximate surface area is 118 Å². The second-order valence-electron chi connectivity index (χ2n) is 4.93. The van der Waals surface area contributed by atoms with Gasteiger partial charge >= 0.3 is 0 Å². The Morgan fingerprint density at radius 3 is 2.55 bits per heavy atom. The van der Waals surface area contributed by atoms with Gasteiger partial charge in [0, 0.05) is 22.5 Å². The Bertz CT molecular complexity index is 678. The average Bonchev–Trinajstić information content (AvgIpc) is 2.39. The number of nitrogen functional groups attached to an aromatic ring is 1. The van der Waals surface area contributed by atoms with Crippen LogP contribution in [0.2, 0.25) is 0 Å². The topological polar surface area (TPSA) is 75.3 Å². The van der Waals surface area contributed by atoms with Gasteiger partial charge in [0.25, 0.3) is 5.91 Å². The summed E-state index contributed by atoms with van der Waals surface area (Å²) < 4.78 is 0. The second-order valence-corrected chi connectivity index (χ2v) is 4.93. The van der Waals surface area contributed by atoms with Gasteiger partial charge < -0.3 is 16.2 Å². The highest BCUT2D eigenvalue weighted by molar-refractivity contribution is 6.06. The Morgan fingerprint density at radius 1 is 1.15 bits per heavy atom. The molecule has 0 atom stereocenters. The zero-order valence-corrected chi connectivity index (χ0v) is 11.8. The quantitative estimate of drug-likeness (QED) is 0.734. The lowest BCUT2D eigenvalue weighted by Crippen LogP contribution is -2.14. The normalized spacial score (nSPS) is 10.3. The maximum absolute atomic E-state index is 12.3. The number of nitrogens with one attached hydrogen (secondary N) is 1. The van der Waals surface area contributed by atoms with Crippen LogP contribution in [-0.4, -0.2) is 11.0 Å². The number of benzene rings is 2. The number of aromatic hydroxyl groups is 1. The summed E-state index contributed by atoms with van der Waals surface area (Å²) in [4.78, 5) is 12.3. The highest BCUT2D eigenvalue weighted by Gasteiger charge is 2.13. The fourth-order valence-corrected chi connectivity index (χ4v) is 2.03. The van der Waals surface area contributed by atoms with Crippen molar-refractivity contribution in [1.29, 1.82) is 0 Å². The molecule has 0 saturated carbocycles. The van der Waals surface area contributed by atoms with Gasteiger partial charge in [-0.2, -0.15) is 0 Å². The monoisotopic (exact) mass is 270 g/mol. The van der Waals surface area contributed by atoms with Crippen LogP contribution in [-0.2, 0) is 0 Å². The summed E-state index contributed by atoms with van der Waals surface area (Å²) in [6, 6.07) is 8.58. The van der Waals surface area contributed by atoms with Crippen molar-refractivity contribution in [1.82, 2.24) is 0 Å². The number of phenolic OH excluding ortho intramolecular Hbond substituents is 1. The number of nitrogens with two attached hydrogens (primary N) is 1. The van der Waals surface area contributed by atoms with Gasteiger partial charge in [0.1, 0.15) is 5.75 Å². The molecule has 2 aromatic rings. The lowest BCUT2D eigenvalue weighted by Gasteiger charge is -2.12.